The number of nitrogens with zero attached hydrogens (tertiary/aromatic N) is 1. The molecular weight excluding hydrogens is 306 g/mol. The maximum Gasteiger partial charge on any atom is 0.243 e. The fourth-order valence-electron chi connectivity index (χ4n) is 1.73. The Balaban J connectivity index is 2.05. The number of anilines is 1. The van der Waals surface area contributed by atoms with Gasteiger partial charge in [-0.15, -0.1) is 0 Å². The normalized spacial score (nSPS) is 12.9. The van der Waals surface area contributed by atoms with Gasteiger partial charge in [0.05, 0.1) is 10.9 Å². The Bertz CT molecular complexity index is 766. The smallest absolute Gasteiger partial charge is 0.243 e. The second-order valence-electron chi connectivity index (χ2n) is 4.97. The Kier molecular flexibility index (Phi) is 4.62. The molecular formula is C14H17N3O4S. The molecule has 1 atom stereocenters. The number of aromatic nitrogens is 1. The summed E-state index contributed by atoms with van der Waals surface area (Å²) in [5, 5.41) is 6.09. The largest absolute Gasteiger partial charge is 0.360 e. The van der Waals surface area contributed by atoms with E-state index in [-0.39, 0.29) is 10.7 Å². The standard InChI is InChI=1S/C14H17N3O4S/c1-9-4-6-12(7-5-9)22(19,20)17-11(3)14(18)15-13-8-10(2)21-16-13/h4-8,11,17H,1-3H3,(H,15,16,18)/t11-/m1/s1. The first kappa shape index (κ1) is 16.2. The molecule has 2 aromatic rings. The molecule has 1 aromatic heterocycles. The van der Waals surface area contributed by atoms with E-state index in [1.807, 2.05) is 6.92 Å². The highest BCUT2D eigenvalue weighted by atomic mass is 32.2. The zero-order valence-electron chi connectivity index (χ0n) is 12.5. The van der Waals surface area contributed by atoms with Crippen LogP contribution in [0.2, 0.25) is 0 Å². The van der Waals surface area contributed by atoms with Crippen molar-refractivity contribution in [1.82, 2.24) is 9.88 Å². The number of benzene rings is 1. The van der Waals surface area contributed by atoms with Crippen molar-refractivity contribution in [3.8, 4) is 0 Å². The lowest BCUT2D eigenvalue weighted by atomic mass is 10.2. The molecule has 0 unspecified atom stereocenters. The summed E-state index contributed by atoms with van der Waals surface area (Å²) in [5.41, 5.74) is 0.950. The molecule has 0 fully saturated rings. The first-order valence-corrected chi connectivity index (χ1v) is 8.09. The third kappa shape index (κ3) is 3.92. The summed E-state index contributed by atoms with van der Waals surface area (Å²) in [6, 6.07) is 6.95. The average molecular weight is 323 g/mol. The number of hydrogen-bond acceptors (Lipinski definition) is 5. The van der Waals surface area contributed by atoms with Gasteiger partial charge in [-0.25, -0.2) is 8.42 Å². The van der Waals surface area contributed by atoms with Gasteiger partial charge in [-0.2, -0.15) is 4.72 Å². The lowest BCUT2D eigenvalue weighted by Gasteiger charge is -2.13. The van der Waals surface area contributed by atoms with Gasteiger partial charge in [-0.05, 0) is 32.9 Å². The number of aryl methyl sites for hydroxylation is 2. The third-order valence-electron chi connectivity index (χ3n) is 2.94. The van der Waals surface area contributed by atoms with E-state index in [9.17, 15) is 13.2 Å². The molecule has 0 spiro atoms. The van der Waals surface area contributed by atoms with Crippen molar-refractivity contribution in [2.24, 2.45) is 0 Å². The molecule has 118 valence electrons. The predicted octanol–water partition coefficient (Wildman–Crippen LogP) is 1.60. The van der Waals surface area contributed by atoms with Crippen molar-refractivity contribution in [1.29, 1.82) is 0 Å². The number of carbonyl (C=O) groups is 1. The second kappa shape index (κ2) is 6.29. The van der Waals surface area contributed by atoms with E-state index in [2.05, 4.69) is 15.2 Å². The molecule has 1 amide bonds. The number of hydrogen-bond donors (Lipinski definition) is 2. The fraction of sp³-hybridized carbons (Fsp3) is 0.286. The van der Waals surface area contributed by atoms with E-state index < -0.39 is 22.0 Å². The van der Waals surface area contributed by atoms with Gasteiger partial charge >= 0.3 is 0 Å². The van der Waals surface area contributed by atoms with Crippen LogP contribution in [0.1, 0.15) is 18.2 Å². The number of amides is 1. The van der Waals surface area contributed by atoms with E-state index in [1.165, 1.54) is 19.1 Å². The van der Waals surface area contributed by atoms with Gasteiger partial charge in [0, 0.05) is 6.07 Å². The van der Waals surface area contributed by atoms with E-state index in [1.54, 1.807) is 25.1 Å². The summed E-state index contributed by atoms with van der Waals surface area (Å²) in [7, 11) is -3.76. The van der Waals surface area contributed by atoms with Crippen molar-refractivity contribution in [2.75, 3.05) is 5.32 Å². The zero-order valence-corrected chi connectivity index (χ0v) is 13.3. The quantitative estimate of drug-likeness (QED) is 0.870. The molecule has 0 aliphatic carbocycles. The second-order valence-corrected chi connectivity index (χ2v) is 6.68. The van der Waals surface area contributed by atoms with Crippen LogP contribution in [0, 0.1) is 13.8 Å². The SMILES string of the molecule is Cc1ccc(S(=O)(=O)N[C@H](C)C(=O)Nc2cc(C)on2)cc1. The minimum absolute atomic E-state index is 0.107. The highest BCUT2D eigenvalue weighted by molar-refractivity contribution is 7.89. The lowest BCUT2D eigenvalue weighted by molar-refractivity contribution is -0.117. The third-order valence-corrected chi connectivity index (χ3v) is 4.49. The summed E-state index contributed by atoms with van der Waals surface area (Å²) < 4.78 is 31.5. The summed E-state index contributed by atoms with van der Waals surface area (Å²) in [6.45, 7) is 5.00. The Morgan fingerprint density at radius 3 is 2.41 bits per heavy atom. The van der Waals surface area contributed by atoms with Crippen molar-refractivity contribution in [3.63, 3.8) is 0 Å². The molecule has 0 aliphatic heterocycles. The van der Waals surface area contributed by atoms with Crippen molar-refractivity contribution < 1.29 is 17.7 Å². The van der Waals surface area contributed by atoms with Crippen molar-refractivity contribution in [3.05, 3.63) is 41.7 Å². The Morgan fingerprint density at radius 2 is 1.86 bits per heavy atom. The van der Waals surface area contributed by atoms with Crippen LogP contribution in [0.3, 0.4) is 0 Å². The molecule has 2 N–H and O–H groups in total. The molecule has 1 aromatic carbocycles. The van der Waals surface area contributed by atoms with Gasteiger partial charge in [0.2, 0.25) is 15.9 Å². The molecule has 1 heterocycles. The first-order chi connectivity index (χ1) is 10.3. The van der Waals surface area contributed by atoms with Gasteiger partial charge in [-0.3, -0.25) is 4.79 Å². The summed E-state index contributed by atoms with van der Waals surface area (Å²) in [5.74, 6) is 0.260. The maximum atomic E-state index is 12.2. The summed E-state index contributed by atoms with van der Waals surface area (Å²) in [4.78, 5) is 12.1. The van der Waals surface area contributed by atoms with Gasteiger partial charge in [0.25, 0.3) is 0 Å². The number of rotatable bonds is 5. The van der Waals surface area contributed by atoms with Crippen LogP contribution in [0.15, 0.2) is 39.8 Å². The van der Waals surface area contributed by atoms with Gasteiger partial charge < -0.3 is 9.84 Å². The average Bonchev–Trinajstić information content (AvgIpc) is 2.84. The Morgan fingerprint density at radius 1 is 1.23 bits per heavy atom. The fourth-order valence-corrected chi connectivity index (χ4v) is 2.93. The minimum Gasteiger partial charge on any atom is -0.360 e. The van der Waals surface area contributed by atoms with E-state index >= 15 is 0 Å². The van der Waals surface area contributed by atoms with Crippen LogP contribution in [0.5, 0.6) is 0 Å². The number of sulfonamides is 1. The molecule has 0 radical (unpaired) electrons. The van der Waals surface area contributed by atoms with Crippen LogP contribution < -0.4 is 10.0 Å². The maximum absolute atomic E-state index is 12.2. The van der Waals surface area contributed by atoms with Crippen LogP contribution in [-0.4, -0.2) is 25.5 Å². The molecule has 7 nitrogen and oxygen atoms in total. The van der Waals surface area contributed by atoms with Crippen molar-refractivity contribution >= 4 is 21.7 Å². The highest BCUT2D eigenvalue weighted by Gasteiger charge is 2.22. The lowest BCUT2D eigenvalue weighted by Crippen LogP contribution is -2.41. The summed E-state index contributed by atoms with van der Waals surface area (Å²) >= 11 is 0. The first-order valence-electron chi connectivity index (χ1n) is 6.61. The Hall–Kier alpha value is -2.19. The van der Waals surface area contributed by atoms with Crippen LogP contribution in [-0.2, 0) is 14.8 Å². The molecule has 8 heteroatoms. The Labute approximate surface area is 128 Å². The summed E-state index contributed by atoms with van der Waals surface area (Å²) in [6.07, 6.45) is 0. The topological polar surface area (TPSA) is 101 Å². The molecule has 2 rings (SSSR count). The van der Waals surface area contributed by atoms with Crippen LogP contribution >= 0.6 is 0 Å². The van der Waals surface area contributed by atoms with Gasteiger partial charge in [-0.1, -0.05) is 22.9 Å². The monoisotopic (exact) mass is 323 g/mol. The van der Waals surface area contributed by atoms with Crippen LogP contribution in [0.4, 0.5) is 5.82 Å². The number of carbonyl (C=O) groups excluding carboxylic acids is 1. The molecule has 0 aliphatic rings. The van der Waals surface area contributed by atoms with Crippen LogP contribution in [0.25, 0.3) is 0 Å². The number of nitrogens with one attached hydrogen (secondary N) is 2. The van der Waals surface area contributed by atoms with Gasteiger partial charge in [0.1, 0.15) is 5.76 Å². The van der Waals surface area contributed by atoms with E-state index in [0.717, 1.165) is 5.56 Å². The van der Waals surface area contributed by atoms with Gasteiger partial charge in [0.15, 0.2) is 5.82 Å². The highest BCUT2D eigenvalue weighted by Crippen LogP contribution is 2.11. The van der Waals surface area contributed by atoms with E-state index in [0.29, 0.717) is 5.76 Å². The minimum atomic E-state index is -3.76. The molecule has 0 saturated carbocycles. The molecule has 22 heavy (non-hydrogen) atoms. The van der Waals surface area contributed by atoms with E-state index in [4.69, 9.17) is 4.52 Å². The molecule has 0 bridgehead atoms. The predicted molar refractivity (Wildman–Crippen MR) is 80.8 cm³/mol. The van der Waals surface area contributed by atoms with Crippen molar-refractivity contribution in [2.45, 2.75) is 31.7 Å². The zero-order chi connectivity index (χ0) is 16.3. The molecule has 0 saturated heterocycles.